The molecule has 0 N–H and O–H groups in total. The zero-order valence-corrected chi connectivity index (χ0v) is 18.4. The van der Waals surface area contributed by atoms with Crippen LogP contribution in [0.4, 0.5) is 0 Å². The molecular formula is C17H21IN2O9. The lowest BCUT2D eigenvalue weighted by molar-refractivity contribution is -0.285. The highest BCUT2D eigenvalue weighted by molar-refractivity contribution is 14.1. The summed E-state index contributed by atoms with van der Waals surface area (Å²) in [4.78, 5) is 46.3. The van der Waals surface area contributed by atoms with Crippen molar-refractivity contribution in [2.75, 3.05) is 6.61 Å². The van der Waals surface area contributed by atoms with E-state index in [1.807, 2.05) is 22.6 Å². The molecule has 1 aliphatic heterocycles. The van der Waals surface area contributed by atoms with E-state index in [9.17, 15) is 19.2 Å². The molecule has 0 radical (unpaired) electrons. The van der Waals surface area contributed by atoms with Gasteiger partial charge in [-0.15, -0.1) is 0 Å². The predicted molar refractivity (Wildman–Crippen MR) is 102 cm³/mol. The van der Waals surface area contributed by atoms with E-state index < -0.39 is 54.5 Å². The monoisotopic (exact) mass is 524 g/mol. The van der Waals surface area contributed by atoms with Crippen LogP contribution in [0.2, 0.25) is 0 Å². The Morgan fingerprint density at radius 2 is 1.59 bits per heavy atom. The minimum atomic E-state index is -1.34. The third-order valence-electron chi connectivity index (χ3n) is 3.83. The van der Waals surface area contributed by atoms with Gasteiger partial charge in [0.15, 0.2) is 12.2 Å². The number of nitrogens with zero attached hydrogens (tertiary/aromatic N) is 2. The molecule has 0 bridgehead atoms. The van der Waals surface area contributed by atoms with E-state index in [-0.39, 0.29) is 6.61 Å². The molecule has 12 heteroatoms. The van der Waals surface area contributed by atoms with E-state index in [0.29, 0.717) is 0 Å². The van der Waals surface area contributed by atoms with E-state index in [2.05, 4.69) is 5.10 Å². The van der Waals surface area contributed by atoms with E-state index in [1.54, 1.807) is 12.4 Å². The molecule has 2 rings (SSSR count). The molecule has 2 heterocycles. The van der Waals surface area contributed by atoms with Gasteiger partial charge >= 0.3 is 23.9 Å². The van der Waals surface area contributed by atoms with Gasteiger partial charge in [0.1, 0.15) is 18.8 Å². The normalized spacial score (nSPS) is 26.3. The number of carbonyl (C=O) groups excluding carboxylic acids is 4. The first-order valence-electron chi connectivity index (χ1n) is 8.58. The van der Waals surface area contributed by atoms with E-state index >= 15 is 0 Å². The summed E-state index contributed by atoms with van der Waals surface area (Å²) >= 11 is 2.03. The first-order valence-corrected chi connectivity index (χ1v) is 9.66. The van der Waals surface area contributed by atoms with Gasteiger partial charge in [-0.05, 0) is 22.6 Å². The molecule has 0 saturated carbocycles. The molecule has 0 aliphatic carbocycles. The van der Waals surface area contributed by atoms with Gasteiger partial charge in [-0.3, -0.25) is 23.9 Å². The number of hydrogen-bond donors (Lipinski definition) is 0. The van der Waals surface area contributed by atoms with Gasteiger partial charge < -0.3 is 23.7 Å². The molecule has 0 spiro atoms. The highest BCUT2D eigenvalue weighted by Crippen LogP contribution is 2.35. The first kappa shape index (κ1) is 23.1. The molecule has 29 heavy (non-hydrogen) atoms. The lowest BCUT2D eigenvalue weighted by atomic mass is 9.95. The Bertz CT molecular complexity index is 781. The lowest BCUT2D eigenvalue weighted by Crippen LogP contribution is -2.59. The Hall–Kier alpha value is -2.22. The van der Waals surface area contributed by atoms with Gasteiger partial charge in [-0.1, -0.05) is 0 Å². The van der Waals surface area contributed by atoms with Crippen LogP contribution in [0.1, 0.15) is 33.7 Å². The summed E-state index contributed by atoms with van der Waals surface area (Å²) < 4.78 is 28.9. The maximum Gasteiger partial charge on any atom is 0.305 e. The van der Waals surface area contributed by atoms with Crippen LogP contribution in [-0.4, -0.2) is 64.9 Å². The Balaban J connectivity index is 2.52. The third-order valence-corrected chi connectivity index (χ3v) is 4.39. The fourth-order valence-corrected chi connectivity index (χ4v) is 3.33. The lowest BCUT2D eigenvalue weighted by Gasteiger charge is -2.44. The molecule has 1 saturated heterocycles. The Morgan fingerprint density at radius 1 is 1.00 bits per heavy atom. The number of esters is 4. The van der Waals surface area contributed by atoms with Crippen molar-refractivity contribution >= 4 is 46.5 Å². The number of carbonyl (C=O) groups is 4. The second-order valence-electron chi connectivity index (χ2n) is 6.23. The van der Waals surface area contributed by atoms with Crippen molar-refractivity contribution in [3.05, 3.63) is 16.0 Å². The minimum absolute atomic E-state index is 0.285. The quantitative estimate of drug-likeness (QED) is 0.298. The zero-order chi connectivity index (χ0) is 21.7. The maximum atomic E-state index is 11.8. The standard InChI is InChI=1S/C17H21IN2O9/c1-8(21)25-7-13-15(26-9(2)22)14(20-6-12(18)5-19-20)16(27-10(3)23)17(29-13)28-11(4)24/h5-6,13-17H,7H2,1-4H3/t13-,14+,15+,16-,17?/m1/s1. The van der Waals surface area contributed by atoms with E-state index in [4.69, 9.17) is 23.7 Å². The fourth-order valence-electron chi connectivity index (χ4n) is 2.92. The summed E-state index contributed by atoms with van der Waals surface area (Å²) in [5, 5.41) is 4.22. The van der Waals surface area contributed by atoms with Crippen LogP contribution in [0.25, 0.3) is 0 Å². The predicted octanol–water partition coefficient (Wildman–Crippen LogP) is 0.743. The number of ether oxygens (including phenoxy) is 5. The smallest absolute Gasteiger partial charge is 0.305 e. The average molecular weight is 524 g/mol. The van der Waals surface area contributed by atoms with Crippen molar-refractivity contribution in [2.45, 2.75) is 58.3 Å². The van der Waals surface area contributed by atoms with Crippen LogP contribution in [0.5, 0.6) is 0 Å². The van der Waals surface area contributed by atoms with Crippen molar-refractivity contribution in [1.82, 2.24) is 9.78 Å². The Kier molecular flexibility index (Phi) is 7.96. The molecular weight excluding hydrogens is 503 g/mol. The van der Waals surface area contributed by atoms with Gasteiger partial charge in [0.25, 0.3) is 0 Å². The third kappa shape index (κ3) is 6.39. The van der Waals surface area contributed by atoms with Crippen LogP contribution >= 0.6 is 22.6 Å². The summed E-state index contributed by atoms with van der Waals surface area (Å²) in [6, 6.07) is -0.912. The Morgan fingerprint density at radius 3 is 2.07 bits per heavy atom. The van der Waals surface area contributed by atoms with Gasteiger partial charge in [0, 0.05) is 33.9 Å². The highest BCUT2D eigenvalue weighted by Gasteiger charge is 2.53. The second kappa shape index (κ2) is 10.0. The molecule has 160 valence electrons. The molecule has 0 aromatic carbocycles. The van der Waals surface area contributed by atoms with Crippen molar-refractivity contribution in [2.24, 2.45) is 0 Å². The molecule has 1 fully saturated rings. The number of aromatic nitrogens is 2. The van der Waals surface area contributed by atoms with Gasteiger partial charge in [-0.25, -0.2) is 0 Å². The first-order chi connectivity index (χ1) is 13.6. The van der Waals surface area contributed by atoms with Crippen molar-refractivity contribution in [3.63, 3.8) is 0 Å². The molecule has 1 aromatic rings. The SMILES string of the molecule is CC(=O)OC[C@H]1OC(OC(C)=O)[C@H](OC(C)=O)[C@@H](n2cc(I)cn2)[C@H]1OC(C)=O. The van der Waals surface area contributed by atoms with Crippen molar-refractivity contribution in [1.29, 1.82) is 0 Å². The summed E-state index contributed by atoms with van der Waals surface area (Å²) in [7, 11) is 0. The number of hydrogen-bond acceptors (Lipinski definition) is 10. The van der Waals surface area contributed by atoms with Crippen molar-refractivity contribution in [3.8, 4) is 0 Å². The maximum absolute atomic E-state index is 11.8. The summed E-state index contributed by atoms with van der Waals surface area (Å²) in [6.45, 7) is 4.47. The van der Waals surface area contributed by atoms with Crippen LogP contribution in [-0.2, 0) is 42.9 Å². The molecule has 0 amide bonds. The van der Waals surface area contributed by atoms with E-state index in [1.165, 1.54) is 32.4 Å². The fraction of sp³-hybridized carbons (Fsp3) is 0.588. The summed E-state index contributed by atoms with van der Waals surface area (Å²) in [6.07, 6.45) is -1.39. The minimum Gasteiger partial charge on any atom is -0.463 e. The Labute approximate surface area is 180 Å². The molecule has 1 aliphatic rings. The zero-order valence-electron chi connectivity index (χ0n) is 16.2. The topological polar surface area (TPSA) is 132 Å². The number of rotatable bonds is 6. The summed E-state index contributed by atoms with van der Waals surface area (Å²) in [5.41, 5.74) is 0. The van der Waals surface area contributed by atoms with E-state index in [0.717, 1.165) is 3.57 Å². The molecule has 1 unspecified atom stereocenters. The van der Waals surface area contributed by atoms with Crippen molar-refractivity contribution < 1.29 is 42.9 Å². The molecule has 5 atom stereocenters. The van der Waals surface area contributed by atoms with Gasteiger partial charge in [-0.2, -0.15) is 5.10 Å². The van der Waals surface area contributed by atoms with Crippen LogP contribution in [0.3, 0.4) is 0 Å². The average Bonchev–Trinajstić information content (AvgIpc) is 3.00. The van der Waals surface area contributed by atoms with Gasteiger partial charge in [0.2, 0.25) is 6.29 Å². The second-order valence-corrected chi connectivity index (χ2v) is 7.48. The van der Waals surface area contributed by atoms with Crippen LogP contribution in [0.15, 0.2) is 12.4 Å². The van der Waals surface area contributed by atoms with Gasteiger partial charge in [0.05, 0.1) is 9.77 Å². The van der Waals surface area contributed by atoms with Crippen LogP contribution < -0.4 is 0 Å². The number of halogens is 1. The highest BCUT2D eigenvalue weighted by atomic mass is 127. The molecule has 11 nitrogen and oxygen atoms in total. The largest absolute Gasteiger partial charge is 0.463 e. The molecule has 1 aromatic heterocycles. The van der Waals surface area contributed by atoms with Crippen LogP contribution in [0, 0.1) is 3.57 Å². The summed E-state index contributed by atoms with van der Waals surface area (Å²) in [5.74, 6) is -2.56.